The molecule has 0 fully saturated rings. The van der Waals surface area contributed by atoms with Crippen molar-refractivity contribution >= 4 is 0 Å². The van der Waals surface area contributed by atoms with Gasteiger partial charge in [-0.1, -0.05) is 55.5 Å². The molecule has 0 saturated heterocycles. The maximum absolute atomic E-state index is 9.58. The van der Waals surface area contributed by atoms with E-state index in [0.717, 1.165) is 22.3 Å². The second kappa shape index (κ2) is 6.00. The van der Waals surface area contributed by atoms with Crippen LogP contribution in [0.5, 0.6) is 0 Å². The standard InChI is InChI=1S/C19H23O2/c1-13(20)15-5-9-17(10-6-15)19(3,4)18-11-7-16(8-12-18)14(2)21/h5-14,20-21H,3H2,1-2,4H3. The average molecular weight is 283 g/mol. The van der Waals surface area contributed by atoms with Gasteiger partial charge in [0.1, 0.15) is 0 Å². The van der Waals surface area contributed by atoms with Crippen molar-refractivity contribution in [3.8, 4) is 0 Å². The van der Waals surface area contributed by atoms with E-state index < -0.39 is 12.2 Å². The van der Waals surface area contributed by atoms with Gasteiger partial charge in [-0.3, -0.25) is 0 Å². The Hall–Kier alpha value is -1.64. The van der Waals surface area contributed by atoms with Crippen LogP contribution < -0.4 is 0 Å². The molecule has 0 aliphatic carbocycles. The molecule has 0 spiro atoms. The molecule has 2 nitrogen and oxygen atoms in total. The predicted octanol–water partition coefficient (Wildman–Crippen LogP) is 3.93. The van der Waals surface area contributed by atoms with Crippen LogP contribution in [-0.2, 0) is 5.41 Å². The molecule has 2 aromatic rings. The summed E-state index contributed by atoms with van der Waals surface area (Å²) in [6.45, 7) is 9.92. The van der Waals surface area contributed by atoms with Gasteiger partial charge in [0, 0.05) is 5.41 Å². The van der Waals surface area contributed by atoms with Crippen LogP contribution in [0.15, 0.2) is 48.5 Å². The van der Waals surface area contributed by atoms with Crippen molar-refractivity contribution in [2.24, 2.45) is 0 Å². The number of rotatable bonds is 4. The summed E-state index contributed by atoms with van der Waals surface area (Å²) in [6, 6.07) is 15.8. The minimum atomic E-state index is -0.458. The Bertz CT molecular complexity index is 524. The van der Waals surface area contributed by atoms with E-state index >= 15 is 0 Å². The first-order valence-corrected chi connectivity index (χ1v) is 7.24. The first-order chi connectivity index (χ1) is 9.82. The molecule has 0 aliphatic rings. The van der Waals surface area contributed by atoms with Crippen LogP contribution in [0.25, 0.3) is 0 Å². The Morgan fingerprint density at radius 2 is 1.05 bits per heavy atom. The highest BCUT2D eigenvalue weighted by atomic mass is 16.3. The van der Waals surface area contributed by atoms with E-state index in [4.69, 9.17) is 0 Å². The summed E-state index contributed by atoms with van der Waals surface area (Å²) in [4.78, 5) is 0. The van der Waals surface area contributed by atoms with Gasteiger partial charge in [-0.05, 0) is 43.0 Å². The monoisotopic (exact) mass is 283 g/mol. The lowest BCUT2D eigenvalue weighted by atomic mass is 9.77. The van der Waals surface area contributed by atoms with Gasteiger partial charge in [0.25, 0.3) is 0 Å². The minimum Gasteiger partial charge on any atom is -0.389 e. The fraction of sp³-hybridized carbons (Fsp3) is 0.316. The molecule has 1 radical (unpaired) electrons. The van der Waals surface area contributed by atoms with Gasteiger partial charge < -0.3 is 10.2 Å². The molecule has 111 valence electrons. The highest BCUT2D eigenvalue weighted by Gasteiger charge is 2.23. The number of hydrogen-bond donors (Lipinski definition) is 2. The summed E-state index contributed by atoms with van der Waals surface area (Å²) in [5.74, 6) is 0. The Labute approximate surface area is 127 Å². The van der Waals surface area contributed by atoms with Crippen LogP contribution >= 0.6 is 0 Å². The molecule has 2 atom stereocenters. The zero-order chi connectivity index (χ0) is 15.6. The number of aliphatic hydroxyl groups is 2. The maximum atomic E-state index is 9.58. The molecule has 2 rings (SSSR count). The summed E-state index contributed by atoms with van der Waals surface area (Å²) in [5.41, 5.74) is 3.63. The summed E-state index contributed by atoms with van der Waals surface area (Å²) in [6.07, 6.45) is -0.916. The quantitative estimate of drug-likeness (QED) is 0.892. The van der Waals surface area contributed by atoms with Gasteiger partial charge in [0.15, 0.2) is 0 Å². The largest absolute Gasteiger partial charge is 0.389 e. The van der Waals surface area contributed by atoms with E-state index in [9.17, 15) is 10.2 Å². The lowest BCUT2D eigenvalue weighted by Crippen LogP contribution is -2.19. The minimum absolute atomic E-state index is 0.367. The Morgan fingerprint density at radius 3 is 1.29 bits per heavy atom. The smallest absolute Gasteiger partial charge is 0.0761 e. The van der Waals surface area contributed by atoms with Crippen LogP contribution in [0.1, 0.15) is 55.2 Å². The Balaban J connectivity index is 2.31. The molecule has 2 N–H and O–H groups in total. The first kappa shape index (κ1) is 15.7. The van der Waals surface area contributed by atoms with Gasteiger partial charge in [0.2, 0.25) is 0 Å². The maximum Gasteiger partial charge on any atom is 0.0761 e. The van der Waals surface area contributed by atoms with E-state index in [0.29, 0.717) is 0 Å². The van der Waals surface area contributed by atoms with Crippen LogP contribution in [0.4, 0.5) is 0 Å². The summed E-state index contributed by atoms with van der Waals surface area (Å²) in [7, 11) is 0. The second-order valence-corrected chi connectivity index (χ2v) is 5.93. The lowest BCUT2D eigenvalue weighted by Gasteiger charge is -2.26. The van der Waals surface area contributed by atoms with E-state index in [-0.39, 0.29) is 5.41 Å². The van der Waals surface area contributed by atoms with Crippen molar-refractivity contribution in [3.63, 3.8) is 0 Å². The zero-order valence-electron chi connectivity index (χ0n) is 12.9. The third-order valence-corrected chi connectivity index (χ3v) is 4.06. The van der Waals surface area contributed by atoms with Crippen LogP contribution in [0.2, 0.25) is 0 Å². The van der Waals surface area contributed by atoms with Gasteiger partial charge in [0.05, 0.1) is 12.2 Å². The van der Waals surface area contributed by atoms with Crippen LogP contribution in [0.3, 0.4) is 0 Å². The van der Waals surface area contributed by atoms with Crippen LogP contribution in [0, 0.1) is 6.92 Å². The van der Waals surface area contributed by atoms with Crippen LogP contribution in [-0.4, -0.2) is 10.2 Å². The summed E-state index contributed by atoms with van der Waals surface area (Å²) >= 11 is 0. The van der Waals surface area contributed by atoms with Gasteiger partial charge >= 0.3 is 0 Å². The first-order valence-electron chi connectivity index (χ1n) is 7.24. The zero-order valence-corrected chi connectivity index (χ0v) is 12.9. The molecular formula is C19H23O2. The molecule has 0 saturated carbocycles. The SMILES string of the molecule is [CH2]C(C)(c1ccc(C(C)O)cc1)c1ccc(C(C)O)cc1. The highest BCUT2D eigenvalue weighted by molar-refractivity contribution is 5.42. The third-order valence-electron chi connectivity index (χ3n) is 4.06. The van der Waals surface area contributed by atoms with E-state index in [1.54, 1.807) is 13.8 Å². The summed E-state index contributed by atoms with van der Waals surface area (Å²) in [5, 5.41) is 19.2. The summed E-state index contributed by atoms with van der Waals surface area (Å²) < 4.78 is 0. The van der Waals surface area contributed by atoms with E-state index in [2.05, 4.69) is 13.8 Å². The van der Waals surface area contributed by atoms with Crippen molar-refractivity contribution in [2.45, 2.75) is 38.4 Å². The van der Waals surface area contributed by atoms with Crippen molar-refractivity contribution in [3.05, 3.63) is 77.7 Å². The molecule has 0 heterocycles. The number of benzene rings is 2. The van der Waals surface area contributed by atoms with Gasteiger partial charge in [-0.2, -0.15) is 0 Å². The molecule has 21 heavy (non-hydrogen) atoms. The third kappa shape index (κ3) is 3.34. The highest BCUT2D eigenvalue weighted by Crippen LogP contribution is 2.32. The molecule has 2 heteroatoms. The predicted molar refractivity (Wildman–Crippen MR) is 86.0 cm³/mol. The molecule has 0 bridgehead atoms. The fourth-order valence-corrected chi connectivity index (χ4v) is 2.43. The van der Waals surface area contributed by atoms with Gasteiger partial charge in [-0.15, -0.1) is 0 Å². The lowest BCUT2D eigenvalue weighted by molar-refractivity contribution is 0.199. The van der Waals surface area contributed by atoms with Crippen molar-refractivity contribution in [2.75, 3.05) is 0 Å². The molecular weight excluding hydrogens is 260 g/mol. The van der Waals surface area contributed by atoms with Crippen molar-refractivity contribution < 1.29 is 10.2 Å². The Morgan fingerprint density at radius 1 is 0.762 bits per heavy atom. The molecule has 2 unspecified atom stereocenters. The molecule has 0 aromatic heterocycles. The van der Waals surface area contributed by atoms with Crippen molar-refractivity contribution in [1.82, 2.24) is 0 Å². The van der Waals surface area contributed by atoms with E-state index in [1.807, 2.05) is 48.5 Å². The Kier molecular flexibility index (Phi) is 4.50. The molecule has 2 aromatic carbocycles. The number of aliphatic hydroxyl groups excluding tert-OH is 2. The molecule has 0 amide bonds. The fourth-order valence-electron chi connectivity index (χ4n) is 2.43. The number of hydrogen-bond acceptors (Lipinski definition) is 2. The van der Waals surface area contributed by atoms with Gasteiger partial charge in [-0.25, -0.2) is 0 Å². The average Bonchev–Trinajstić information content (AvgIpc) is 2.47. The normalized spacial score (nSPS) is 14.8. The topological polar surface area (TPSA) is 40.5 Å². The molecule has 0 aliphatic heterocycles. The van der Waals surface area contributed by atoms with Crippen molar-refractivity contribution in [1.29, 1.82) is 0 Å². The second-order valence-electron chi connectivity index (χ2n) is 5.93. The van der Waals surface area contributed by atoms with E-state index in [1.165, 1.54) is 0 Å².